The summed E-state index contributed by atoms with van der Waals surface area (Å²) in [5.41, 5.74) is 4.47. The Morgan fingerprint density at radius 1 is 0.615 bits per heavy atom. The van der Waals surface area contributed by atoms with Gasteiger partial charge in [-0.1, -0.05) is 104 Å². The molecule has 1 aromatic rings. The van der Waals surface area contributed by atoms with E-state index in [1.54, 1.807) is 23.3 Å². The number of carbonyl (C=O) groups is 2. The Hall–Kier alpha value is -2.36. The van der Waals surface area contributed by atoms with Crippen LogP contribution >= 0.6 is 0 Å². The van der Waals surface area contributed by atoms with Gasteiger partial charge in [-0.2, -0.15) is 0 Å². The molecule has 0 aromatic heterocycles. The Morgan fingerprint density at radius 3 is 1.40 bits per heavy atom. The molecule has 1 aromatic carbocycles. The van der Waals surface area contributed by atoms with Crippen LogP contribution in [0, 0.1) is 69.0 Å². The van der Waals surface area contributed by atoms with Gasteiger partial charge < -0.3 is 9.47 Å². The highest BCUT2D eigenvalue weighted by atomic mass is 16.5. The maximum Gasteiger partial charge on any atom is 0.339 e. The van der Waals surface area contributed by atoms with Crippen molar-refractivity contribution in [3.05, 3.63) is 58.7 Å². The van der Waals surface area contributed by atoms with Crippen LogP contribution in [0.15, 0.2) is 47.6 Å². The molecule has 0 amide bonds. The van der Waals surface area contributed by atoms with Gasteiger partial charge in [0.05, 0.1) is 24.3 Å². The normalized spacial score (nSPS) is 40.0. The Bertz CT molecular complexity index is 1450. The van der Waals surface area contributed by atoms with E-state index in [4.69, 9.17) is 9.47 Å². The van der Waals surface area contributed by atoms with Crippen LogP contribution in [-0.2, 0) is 9.47 Å². The Labute approximate surface area is 316 Å². The lowest BCUT2D eigenvalue weighted by Gasteiger charge is -2.59. The molecule has 0 heterocycles. The average Bonchev–Trinajstić information content (AvgIpc) is 3.12. The van der Waals surface area contributed by atoms with Crippen LogP contribution in [0.4, 0.5) is 0 Å². The van der Waals surface area contributed by atoms with Gasteiger partial charge in [0.25, 0.3) is 0 Å². The number of carbonyl (C=O) groups excluding carboxylic acids is 2. The van der Waals surface area contributed by atoms with E-state index in [2.05, 4.69) is 67.5 Å². The first kappa shape index (κ1) is 37.9. The summed E-state index contributed by atoms with van der Waals surface area (Å²) >= 11 is 0. The van der Waals surface area contributed by atoms with Gasteiger partial charge >= 0.3 is 11.9 Å². The maximum atomic E-state index is 13.9. The number of benzene rings is 1. The minimum Gasteiger partial charge on any atom is -0.461 e. The highest BCUT2D eigenvalue weighted by Crippen LogP contribution is 2.65. The lowest BCUT2D eigenvalue weighted by Crippen LogP contribution is -2.53. The first-order valence-corrected chi connectivity index (χ1v) is 21.5. The fourth-order valence-corrected chi connectivity index (χ4v) is 13.8. The first-order chi connectivity index (χ1) is 24.7. The van der Waals surface area contributed by atoms with E-state index >= 15 is 0 Å². The van der Waals surface area contributed by atoms with Crippen LogP contribution < -0.4 is 0 Å². The Balaban J connectivity index is 1.01. The molecule has 7 rings (SSSR count). The molecular weight excluding hydrogens is 641 g/mol. The molecule has 0 bridgehead atoms. The molecule has 10 atom stereocenters. The highest BCUT2D eigenvalue weighted by molar-refractivity contribution is 6.03. The molecule has 6 aliphatic rings. The van der Waals surface area contributed by atoms with E-state index in [9.17, 15) is 9.59 Å². The largest absolute Gasteiger partial charge is 0.461 e. The van der Waals surface area contributed by atoms with Crippen LogP contribution in [0.5, 0.6) is 0 Å². The van der Waals surface area contributed by atoms with Crippen LogP contribution in [0.2, 0.25) is 0 Å². The molecule has 4 saturated carbocycles. The Kier molecular flexibility index (Phi) is 10.5. The second-order valence-corrected chi connectivity index (χ2v) is 20.5. The lowest BCUT2D eigenvalue weighted by atomic mass is 9.45. The van der Waals surface area contributed by atoms with Crippen molar-refractivity contribution >= 4 is 11.9 Å². The van der Waals surface area contributed by atoms with Crippen molar-refractivity contribution in [3.8, 4) is 0 Å². The number of hydrogen-bond donors (Lipinski definition) is 0. The summed E-state index contributed by atoms with van der Waals surface area (Å²) in [6, 6.07) is 7.17. The van der Waals surface area contributed by atoms with Crippen LogP contribution in [0.25, 0.3) is 0 Å². The molecule has 4 fully saturated rings. The van der Waals surface area contributed by atoms with E-state index in [-0.39, 0.29) is 21.7 Å². The van der Waals surface area contributed by atoms with E-state index in [1.165, 1.54) is 77.0 Å². The molecule has 52 heavy (non-hydrogen) atoms. The van der Waals surface area contributed by atoms with Gasteiger partial charge in [-0.25, -0.2) is 9.59 Å². The van der Waals surface area contributed by atoms with Gasteiger partial charge in [-0.15, -0.1) is 0 Å². The fourth-order valence-electron chi connectivity index (χ4n) is 13.8. The predicted octanol–water partition coefficient (Wildman–Crippen LogP) is 12.4. The third kappa shape index (κ3) is 6.67. The molecule has 4 nitrogen and oxygen atoms in total. The third-order valence-corrected chi connectivity index (χ3v) is 16.7. The van der Waals surface area contributed by atoms with Crippen molar-refractivity contribution in [1.29, 1.82) is 0 Å². The molecule has 286 valence electrons. The van der Waals surface area contributed by atoms with E-state index in [0.717, 1.165) is 12.8 Å². The number of esters is 2. The smallest absolute Gasteiger partial charge is 0.339 e. The average molecular weight is 711 g/mol. The first-order valence-electron chi connectivity index (χ1n) is 21.5. The summed E-state index contributed by atoms with van der Waals surface area (Å²) in [5.74, 6) is 4.42. The number of rotatable bonds is 8. The quantitative estimate of drug-likeness (QED) is 0.199. The molecule has 0 unspecified atom stereocenters. The fraction of sp³-hybridized carbons (Fsp3) is 0.750. The Morgan fingerprint density at radius 2 is 1.02 bits per heavy atom. The number of ether oxygens (including phenoxy) is 2. The van der Waals surface area contributed by atoms with Crippen molar-refractivity contribution < 1.29 is 19.1 Å². The van der Waals surface area contributed by atoms with Crippen molar-refractivity contribution in [1.82, 2.24) is 0 Å². The third-order valence-electron chi connectivity index (χ3n) is 16.7. The minimum atomic E-state index is -0.394. The number of allylic oxidation sites excluding steroid dienone is 4. The zero-order chi connectivity index (χ0) is 37.1. The topological polar surface area (TPSA) is 52.6 Å². The van der Waals surface area contributed by atoms with Crippen LogP contribution in [0.1, 0.15) is 166 Å². The predicted molar refractivity (Wildman–Crippen MR) is 211 cm³/mol. The van der Waals surface area contributed by atoms with Crippen molar-refractivity contribution in [2.45, 2.75) is 145 Å². The molecule has 6 aliphatic carbocycles. The zero-order valence-corrected chi connectivity index (χ0v) is 34.0. The second kappa shape index (κ2) is 14.4. The number of hydrogen-bond acceptors (Lipinski definition) is 4. The second-order valence-electron chi connectivity index (χ2n) is 20.5. The van der Waals surface area contributed by atoms with Gasteiger partial charge in [-0.3, -0.25) is 0 Å². The van der Waals surface area contributed by atoms with Crippen LogP contribution in [0.3, 0.4) is 0 Å². The summed E-state index contributed by atoms with van der Waals surface area (Å²) in [6.45, 7) is 20.1. The zero-order valence-electron chi connectivity index (χ0n) is 34.0. The van der Waals surface area contributed by atoms with Gasteiger partial charge in [0.2, 0.25) is 0 Å². The van der Waals surface area contributed by atoms with Crippen molar-refractivity contribution in [2.75, 3.05) is 13.2 Å². The summed E-state index contributed by atoms with van der Waals surface area (Å²) in [5, 5.41) is 0. The summed E-state index contributed by atoms with van der Waals surface area (Å²) in [4.78, 5) is 27.8. The molecule has 0 spiro atoms. The SMILES string of the molecule is CC(C)[C@@H]1C=C2CC[C@@H]3[C@](C)(COC(=O)c4ccccc4C(=O)OC[C@]4(C)CCC[C@]5(C)[C@@H]6CC[C@H](C(C)C)C=C6CC[C@H]45)CCC[C@]3(C)[C@@H]2CC1. The monoisotopic (exact) mass is 711 g/mol. The number of fused-ring (bicyclic) bond motifs is 6. The van der Waals surface area contributed by atoms with Gasteiger partial charge in [-0.05, 0) is 147 Å². The van der Waals surface area contributed by atoms with Crippen LogP contribution in [-0.4, -0.2) is 25.2 Å². The van der Waals surface area contributed by atoms with Gasteiger partial charge in [0.15, 0.2) is 0 Å². The van der Waals surface area contributed by atoms with E-state index in [0.29, 0.717) is 71.7 Å². The van der Waals surface area contributed by atoms with Gasteiger partial charge in [0.1, 0.15) is 0 Å². The standard InChI is InChI=1S/C48H70O4/c1-31(2)33-15-19-39-35(27-33)17-21-41-45(5,23-11-25-47(39,41)7)29-51-43(49)37-13-9-10-14-38(37)44(50)52-30-46(6)24-12-26-48(8)40-20-16-34(32(3)4)28-36(40)18-22-42(46)48/h9-10,13-14,27-28,31-34,39-42H,11-12,15-26,29-30H2,1-8H3/t33-,34-,39+,40+,41+,42+,45-,46-,47+,48+/m0/s1. The minimum absolute atomic E-state index is 0.0656. The molecule has 0 radical (unpaired) electrons. The highest BCUT2D eigenvalue weighted by Gasteiger charge is 2.57. The van der Waals surface area contributed by atoms with E-state index < -0.39 is 11.9 Å². The lowest BCUT2D eigenvalue weighted by molar-refractivity contribution is -0.0931. The van der Waals surface area contributed by atoms with E-state index in [1.807, 2.05) is 12.1 Å². The molecule has 0 saturated heterocycles. The molecular formula is C48H70O4. The van der Waals surface area contributed by atoms with Gasteiger partial charge in [0, 0.05) is 10.8 Å². The van der Waals surface area contributed by atoms with Crippen molar-refractivity contribution in [2.24, 2.45) is 69.0 Å². The molecule has 4 heteroatoms. The maximum absolute atomic E-state index is 13.9. The molecule has 0 aliphatic heterocycles. The summed E-state index contributed by atoms with van der Waals surface area (Å²) in [7, 11) is 0. The van der Waals surface area contributed by atoms with Crippen molar-refractivity contribution in [3.63, 3.8) is 0 Å². The summed E-state index contributed by atoms with van der Waals surface area (Å²) in [6.07, 6.45) is 22.2. The molecule has 0 N–H and O–H groups in total. The summed E-state index contributed by atoms with van der Waals surface area (Å²) < 4.78 is 12.5.